The molecular formula is C30H23F2N5O2. The van der Waals surface area contributed by atoms with E-state index in [1.54, 1.807) is 52.9 Å². The molecule has 0 atom stereocenters. The predicted octanol–water partition coefficient (Wildman–Crippen LogP) is 4.46. The Morgan fingerprint density at radius 3 is 2.54 bits per heavy atom. The van der Waals surface area contributed by atoms with Crippen LogP contribution in [-0.2, 0) is 22.6 Å². The first-order chi connectivity index (χ1) is 18.8. The molecular weight excluding hydrogens is 500 g/mol. The third-order valence-corrected chi connectivity index (χ3v) is 7.19. The number of aromatic nitrogens is 2. The van der Waals surface area contributed by atoms with Crippen LogP contribution in [-0.4, -0.2) is 45.9 Å². The van der Waals surface area contributed by atoms with Crippen molar-refractivity contribution in [3.8, 4) is 28.7 Å². The molecule has 0 radical (unpaired) electrons. The monoisotopic (exact) mass is 523 g/mol. The Morgan fingerprint density at radius 1 is 1.05 bits per heavy atom. The van der Waals surface area contributed by atoms with Gasteiger partial charge in [-0.25, -0.2) is 13.8 Å². The molecule has 0 saturated carbocycles. The van der Waals surface area contributed by atoms with Gasteiger partial charge >= 0.3 is 0 Å². The molecule has 9 heteroatoms. The van der Waals surface area contributed by atoms with Gasteiger partial charge in [0.1, 0.15) is 30.5 Å². The highest BCUT2D eigenvalue weighted by Gasteiger charge is 2.33. The van der Waals surface area contributed by atoms with Crippen LogP contribution in [0.4, 0.5) is 14.5 Å². The van der Waals surface area contributed by atoms with Crippen LogP contribution >= 0.6 is 0 Å². The molecule has 1 aromatic heterocycles. The topological polar surface area (TPSA) is 82.2 Å². The van der Waals surface area contributed by atoms with Gasteiger partial charge in [-0.05, 0) is 78.2 Å². The fraction of sp³-hybridized carbons (Fsp3) is 0.200. The molecule has 3 aromatic carbocycles. The van der Waals surface area contributed by atoms with Crippen LogP contribution in [0.25, 0.3) is 22.6 Å². The highest BCUT2D eigenvalue weighted by Crippen LogP contribution is 2.39. The largest absolute Gasteiger partial charge is 0.330 e. The Hall–Kier alpha value is -4.84. The van der Waals surface area contributed by atoms with Gasteiger partial charge in [-0.3, -0.25) is 9.59 Å². The van der Waals surface area contributed by atoms with Gasteiger partial charge in [0.15, 0.2) is 0 Å². The van der Waals surface area contributed by atoms with Gasteiger partial charge < -0.3 is 14.4 Å². The summed E-state index contributed by atoms with van der Waals surface area (Å²) in [5, 5.41) is 9.30. The molecule has 0 N–H and O–H groups in total. The van der Waals surface area contributed by atoms with Crippen molar-refractivity contribution in [2.75, 3.05) is 24.5 Å². The first-order valence-corrected chi connectivity index (χ1v) is 12.5. The molecule has 6 rings (SSSR count). The molecule has 2 amide bonds. The molecule has 39 heavy (non-hydrogen) atoms. The number of benzene rings is 3. The second-order valence-corrected chi connectivity index (χ2v) is 9.83. The van der Waals surface area contributed by atoms with E-state index in [9.17, 15) is 23.6 Å². The van der Waals surface area contributed by atoms with E-state index in [0.717, 1.165) is 23.2 Å². The normalized spacial score (nSPS) is 14.3. The SMILES string of the molecule is Cc1cc(-c2cn(CC(=O)N3CCN(c4cc(C#N)cc5c4C5)C(=O)C3)c(-c3ccc(F)cc3)n2)ccc1F. The van der Waals surface area contributed by atoms with Crippen molar-refractivity contribution in [1.29, 1.82) is 5.26 Å². The summed E-state index contributed by atoms with van der Waals surface area (Å²) in [6, 6.07) is 16.2. The summed E-state index contributed by atoms with van der Waals surface area (Å²) < 4.78 is 29.1. The van der Waals surface area contributed by atoms with Crippen molar-refractivity contribution in [3.63, 3.8) is 0 Å². The molecule has 0 bridgehead atoms. The maximum Gasteiger partial charge on any atom is 0.246 e. The summed E-state index contributed by atoms with van der Waals surface area (Å²) in [6.45, 7) is 2.20. The maximum atomic E-state index is 13.9. The van der Waals surface area contributed by atoms with Crippen molar-refractivity contribution in [3.05, 3.63) is 94.7 Å². The number of anilines is 1. The summed E-state index contributed by atoms with van der Waals surface area (Å²) in [7, 11) is 0. The Labute approximate surface area is 223 Å². The molecule has 0 spiro atoms. The molecule has 1 fully saturated rings. The Balaban J connectivity index is 1.24. The number of fused-ring (bicyclic) bond motifs is 1. The van der Waals surface area contributed by atoms with Gasteiger partial charge in [-0.2, -0.15) is 5.26 Å². The maximum absolute atomic E-state index is 13.9. The van der Waals surface area contributed by atoms with E-state index in [0.29, 0.717) is 46.9 Å². The predicted molar refractivity (Wildman–Crippen MR) is 141 cm³/mol. The number of hydrogen-bond acceptors (Lipinski definition) is 4. The number of piperazine rings is 1. The van der Waals surface area contributed by atoms with Crippen molar-refractivity contribution < 1.29 is 18.4 Å². The van der Waals surface area contributed by atoms with Gasteiger partial charge in [0, 0.05) is 42.5 Å². The lowest BCUT2D eigenvalue weighted by Crippen LogP contribution is -2.53. The van der Waals surface area contributed by atoms with E-state index < -0.39 is 5.82 Å². The molecule has 2 heterocycles. The summed E-state index contributed by atoms with van der Waals surface area (Å²) in [5.41, 5.74) is 5.76. The Kier molecular flexibility index (Phi) is 5.95. The zero-order valence-electron chi connectivity index (χ0n) is 21.1. The van der Waals surface area contributed by atoms with Crippen LogP contribution in [0.2, 0.25) is 0 Å². The number of imidazole rings is 1. The molecule has 4 aromatic rings. The zero-order chi connectivity index (χ0) is 27.3. The third kappa shape index (κ3) is 4.66. The average Bonchev–Trinajstić information content (AvgIpc) is 3.61. The first-order valence-electron chi connectivity index (χ1n) is 12.5. The highest BCUT2D eigenvalue weighted by atomic mass is 19.1. The lowest BCUT2D eigenvalue weighted by Gasteiger charge is -2.34. The van der Waals surface area contributed by atoms with Gasteiger partial charge in [0.2, 0.25) is 11.8 Å². The van der Waals surface area contributed by atoms with Crippen molar-refractivity contribution in [2.24, 2.45) is 0 Å². The molecule has 7 nitrogen and oxygen atoms in total. The van der Waals surface area contributed by atoms with Crippen molar-refractivity contribution >= 4 is 17.5 Å². The van der Waals surface area contributed by atoms with Crippen LogP contribution in [0.5, 0.6) is 0 Å². The highest BCUT2D eigenvalue weighted by molar-refractivity contribution is 5.99. The Bertz CT molecular complexity index is 1690. The molecule has 1 aliphatic carbocycles. The minimum atomic E-state index is -0.391. The fourth-order valence-electron chi connectivity index (χ4n) is 5.00. The van der Waals surface area contributed by atoms with Gasteiger partial charge in [0.25, 0.3) is 0 Å². The van der Waals surface area contributed by atoms with E-state index >= 15 is 0 Å². The van der Waals surface area contributed by atoms with Gasteiger partial charge in [-0.15, -0.1) is 0 Å². The van der Waals surface area contributed by atoms with Crippen LogP contribution in [0, 0.1) is 29.9 Å². The van der Waals surface area contributed by atoms with Crippen LogP contribution in [0.1, 0.15) is 22.3 Å². The van der Waals surface area contributed by atoms with E-state index in [1.807, 2.05) is 6.07 Å². The summed E-state index contributed by atoms with van der Waals surface area (Å²) in [4.78, 5) is 34.3. The molecule has 1 aliphatic heterocycles. The second-order valence-electron chi connectivity index (χ2n) is 9.83. The standard InChI is InChI=1S/C30H23F2N5O2/c1-18-10-21(4-7-25(18)32)26-15-36(30(34-26)20-2-5-23(31)6-3-20)16-28(38)35-8-9-37(29(39)17-35)27-12-19(14-33)11-22-13-24(22)27/h2-7,10-12,15H,8-9,13,16-17H2,1H3. The lowest BCUT2D eigenvalue weighted by atomic mass is 10.1. The van der Waals surface area contributed by atoms with E-state index in [1.165, 1.54) is 23.1 Å². The summed E-state index contributed by atoms with van der Waals surface area (Å²) in [6.07, 6.45) is 2.48. The zero-order valence-corrected chi connectivity index (χ0v) is 21.1. The number of carbonyl (C=O) groups is 2. The Morgan fingerprint density at radius 2 is 1.82 bits per heavy atom. The van der Waals surface area contributed by atoms with E-state index in [2.05, 4.69) is 6.07 Å². The minimum absolute atomic E-state index is 0.0744. The lowest BCUT2D eigenvalue weighted by molar-refractivity contribution is -0.137. The number of amides is 2. The van der Waals surface area contributed by atoms with Crippen LogP contribution in [0.15, 0.2) is 60.8 Å². The second kappa shape index (κ2) is 9.48. The average molecular weight is 524 g/mol. The van der Waals surface area contributed by atoms with E-state index in [4.69, 9.17) is 4.98 Å². The first kappa shape index (κ1) is 24.5. The number of nitrogens with zero attached hydrogens (tertiary/aromatic N) is 5. The summed E-state index contributed by atoms with van der Waals surface area (Å²) >= 11 is 0. The van der Waals surface area contributed by atoms with Gasteiger partial charge in [0.05, 0.1) is 17.3 Å². The number of rotatable bonds is 5. The number of halogens is 2. The third-order valence-electron chi connectivity index (χ3n) is 7.19. The fourth-order valence-corrected chi connectivity index (χ4v) is 5.00. The molecule has 0 unspecified atom stereocenters. The van der Waals surface area contributed by atoms with Crippen molar-refractivity contribution in [2.45, 2.75) is 19.9 Å². The van der Waals surface area contributed by atoms with Crippen LogP contribution in [0.3, 0.4) is 0 Å². The van der Waals surface area contributed by atoms with Crippen LogP contribution < -0.4 is 4.90 Å². The molecule has 2 aliphatic rings. The number of aryl methyl sites for hydroxylation is 1. The van der Waals surface area contributed by atoms with Gasteiger partial charge in [-0.1, -0.05) is 0 Å². The number of nitriles is 1. The molecule has 1 saturated heterocycles. The summed E-state index contributed by atoms with van der Waals surface area (Å²) in [5.74, 6) is -0.716. The van der Waals surface area contributed by atoms with E-state index in [-0.39, 0.29) is 30.7 Å². The quantitative estimate of drug-likeness (QED) is 0.341. The van der Waals surface area contributed by atoms with Crippen molar-refractivity contribution in [1.82, 2.24) is 14.5 Å². The number of hydrogen-bond donors (Lipinski definition) is 0. The molecule has 194 valence electrons. The number of carbonyl (C=O) groups excluding carboxylic acids is 2. The smallest absolute Gasteiger partial charge is 0.246 e. The minimum Gasteiger partial charge on any atom is -0.330 e.